The summed E-state index contributed by atoms with van der Waals surface area (Å²) in [4.78, 5) is 3.82. The third-order valence-corrected chi connectivity index (χ3v) is 1.46. The third kappa shape index (κ3) is 2.39. The SMILES string of the molecule is CC.Fc1ccc(-c2ncon2)cc1. The van der Waals surface area contributed by atoms with Crippen LogP contribution in [0, 0.1) is 5.82 Å². The van der Waals surface area contributed by atoms with Crippen LogP contribution in [0.2, 0.25) is 0 Å². The summed E-state index contributed by atoms with van der Waals surface area (Å²) >= 11 is 0. The molecule has 2 aromatic rings. The average molecular weight is 194 g/mol. The van der Waals surface area contributed by atoms with E-state index in [9.17, 15) is 4.39 Å². The van der Waals surface area contributed by atoms with Gasteiger partial charge in [0.1, 0.15) is 5.82 Å². The number of hydrogen-bond donors (Lipinski definition) is 0. The lowest BCUT2D eigenvalue weighted by atomic mass is 10.2. The van der Waals surface area contributed by atoms with E-state index in [1.807, 2.05) is 13.8 Å². The summed E-state index contributed by atoms with van der Waals surface area (Å²) in [6.45, 7) is 4.00. The fourth-order valence-corrected chi connectivity index (χ4v) is 0.897. The first-order valence-electron chi connectivity index (χ1n) is 4.38. The lowest BCUT2D eigenvalue weighted by Gasteiger charge is -1.91. The fraction of sp³-hybridized carbons (Fsp3) is 0.200. The second-order valence-electron chi connectivity index (χ2n) is 2.26. The van der Waals surface area contributed by atoms with Gasteiger partial charge in [0.2, 0.25) is 12.2 Å². The average Bonchev–Trinajstić information content (AvgIpc) is 2.75. The summed E-state index contributed by atoms with van der Waals surface area (Å²) in [7, 11) is 0. The molecule has 1 aromatic carbocycles. The molecule has 14 heavy (non-hydrogen) atoms. The van der Waals surface area contributed by atoms with Gasteiger partial charge in [-0.15, -0.1) is 0 Å². The van der Waals surface area contributed by atoms with Gasteiger partial charge in [-0.1, -0.05) is 19.0 Å². The van der Waals surface area contributed by atoms with Gasteiger partial charge in [-0.25, -0.2) is 4.39 Å². The Hall–Kier alpha value is -1.71. The predicted octanol–water partition coefficient (Wildman–Crippen LogP) is 2.90. The first-order chi connectivity index (χ1) is 6.86. The van der Waals surface area contributed by atoms with E-state index in [1.54, 1.807) is 12.1 Å². The molecule has 0 saturated carbocycles. The van der Waals surface area contributed by atoms with E-state index in [4.69, 9.17) is 0 Å². The first-order valence-corrected chi connectivity index (χ1v) is 4.38. The molecule has 0 unspecified atom stereocenters. The topological polar surface area (TPSA) is 38.9 Å². The highest BCUT2D eigenvalue weighted by atomic mass is 19.1. The minimum absolute atomic E-state index is 0.276. The van der Waals surface area contributed by atoms with Crippen molar-refractivity contribution in [1.82, 2.24) is 10.1 Å². The monoisotopic (exact) mass is 194 g/mol. The molecule has 0 saturated heterocycles. The van der Waals surface area contributed by atoms with Crippen LogP contribution in [0.15, 0.2) is 35.2 Å². The second kappa shape index (κ2) is 5.11. The highest BCUT2D eigenvalue weighted by Crippen LogP contribution is 2.13. The lowest BCUT2D eigenvalue weighted by molar-refractivity contribution is 0.418. The third-order valence-electron chi connectivity index (χ3n) is 1.46. The van der Waals surface area contributed by atoms with Crippen molar-refractivity contribution in [2.45, 2.75) is 13.8 Å². The van der Waals surface area contributed by atoms with E-state index in [0.717, 1.165) is 5.56 Å². The summed E-state index contributed by atoms with van der Waals surface area (Å²) in [5, 5.41) is 3.61. The quantitative estimate of drug-likeness (QED) is 0.700. The van der Waals surface area contributed by atoms with Crippen LogP contribution >= 0.6 is 0 Å². The van der Waals surface area contributed by atoms with Crippen LogP contribution in [-0.4, -0.2) is 10.1 Å². The standard InChI is InChI=1S/C8H5FN2O.C2H6/c9-7-3-1-6(2-4-7)8-10-5-12-11-8;1-2/h1-5H;1-2H3. The molecule has 0 aliphatic rings. The Balaban J connectivity index is 0.000000461. The Morgan fingerprint density at radius 1 is 1.14 bits per heavy atom. The molecule has 2 rings (SSSR count). The van der Waals surface area contributed by atoms with E-state index in [1.165, 1.54) is 18.5 Å². The van der Waals surface area contributed by atoms with Crippen LogP contribution in [-0.2, 0) is 0 Å². The van der Waals surface area contributed by atoms with E-state index < -0.39 is 0 Å². The zero-order chi connectivity index (χ0) is 10.4. The Labute approximate surface area is 81.6 Å². The molecule has 3 nitrogen and oxygen atoms in total. The summed E-state index contributed by atoms with van der Waals surface area (Å²) in [5.41, 5.74) is 0.741. The molecule has 0 N–H and O–H groups in total. The molecule has 0 bridgehead atoms. The molecule has 74 valence electrons. The first kappa shape index (κ1) is 10.4. The van der Waals surface area contributed by atoms with Gasteiger partial charge < -0.3 is 4.52 Å². The van der Waals surface area contributed by atoms with E-state index in [2.05, 4.69) is 14.7 Å². The second-order valence-corrected chi connectivity index (χ2v) is 2.26. The van der Waals surface area contributed by atoms with Gasteiger partial charge in [-0.3, -0.25) is 0 Å². The molecule has 0 atom stereocenters. The molecule has 0 radical (unpaired) electrons. The number of nitrogens with zero attached hydrogens (tertiary/aromatic N) is 2. The molecule has 0 spiro atoms. The molecular formula is C10H11FN2O. The molecule has 1 aromatic heterocycles. The number of benzene rings is 1. The zero-order valence-electron chi connectivity index (χ0n) is 8.07. The van der Waals surface area contributed by atoms with Crippen molar-refractivity contribution in [2.75, 3.05) is 0 Å². The van der Waals surface area contributed by atoms with Gasteiger partial charge in [0.05, 0.1) is 0 Å². The van der Waals surface area contributed by atoms with E-state index in [-0.39, 0.29) is 5.82 Å². The van der Waals surface area contributed by atoms with Crippen LogP contribution in [0.5, 0.6) is 0 Å². The molecule has 0 aliphatic carbocycles. The van der Waals surface area contributed by atoms with Crippen LogP contribution in [0.1, 0.15) is 13.8 Å². The van der Waals surface area contributed by atoms with Crippen molar-refractivity contribution in [2.24, 2.45) is 0 Å². The summed E-state index contributed by atoms with van der Waals surface area (Å²) in [5.74, 6) is 0.192. The van der Waals surface area contributed by atoms with Crippen molar-refractivity contribution in [3.8, 4) is 11.4 Å². The van der Waals surface area contributed by atoms with Crippen LogP contribution in [0.4, 0.5) is 4.39 Å². The van der Waals surface area contributed by atoms with Gasteiger partial charge in [0, 0.05) is 5.56 Å². The van der Waals surface area contributed by atoms with Crippen LogP contribution in [0.25, 0.3) is 11.4 Å². The van der Waals surface area contributed by atoms with Crippen molar-refractivity contribution in [3.63, 3.8) is 0 Å². The van der Waals surface area contributed by atoms with Crippen molar-refractivity contribution in [3.05, 3.63) is 36.5 Å². The minimum atomic E-state index is -0.276. The van der Waals surface area contributed by atoms with Gasteiger partial charge in [0.15, 0.2) is 0 Å². The van der Waals surface area contributed by atoms with Gasteiger partial charge >= 0.3 is 0 Å². The molecule has 1 heterocycles. The van der Waals surface area contributed by atoms with E-state index >= 15 is 0 Å². The van der Waals surface area contributed by atoms with Crippen molar-refractivity contribution < 1.29 is 8.91 Å². The predicted molar refractivity (Wildman–Crippen MR) is 51.0 cm³/mol. The largest absolute Gasteiger partial charge is 0.342 e. The highest BCUT2D eigenvalue weighted by Gasteiger charge is 2.01. The smallest absolute Gasteiger partial charge is 0.214 e. The molecule has 0 fully saturated rings. The molecular weight excluding hydrogens is 183 g/mol. The summed E-state index contributed by atoms with van der Waals surface area (Å²) in [6.07, 6.45) is 1.23. The summed E-state index contributed by atoms with van der Waals surface area (Å²) < 4.78 is 17.0. The zero-order valence-corrected chi connectivity index (χ0v) is 8.07. The number of aromatic nitrogens is 2. The maximum atomic E-state index is 12.5. The molecule has 0 amide bonds. The van der Waals surface area contributed by atoms with Gasteiger partial charge in [-0.2, -0.15) is 4.98 Å². The van der Waals surface area contributed by atoms with Crippen molar-refractivity contribution >= 4 is 0 Å². The number of hydrogen-bond acceptors (Lipinski definition) is 3. The minimum Gasteiger partial charge on any atom is -0.342 e. The molecule has 0 aliphatic heterocycles. The maximum absolute atomic E-state index is 12.5. The van der Waals surface area contributed by atoms with Crippen LogP contribution in [0.3, 0.4) is 0 Å². The van der Waals surface area contributed by atoms with E-state index in [0.29, 0.717) is 5.82 Å². The van der Waals surface area contributed by atoms with Crippen molar-refractivity contribution in [1.29, 1.82) is 0 Å². The lowest BCUT2D eigenvalue weighted by Crippen LogP contribution is -1.80. The Kier molecular flexibility index (Phi) is 3.79. The number of rotatable bonds is 1. The highest BCUT2D eigenvalue weighted by molar-refractivity contribution is 5.53. The fourth-order valence-electron chi connectivity index (χ4n) is 0.897. The normalized spacial score (nSPS) is 9.07. The van der Waals surface area contributed by atoms with Gasteiger partial charge in [0.25, 0.3) is 0 Å². The Morgan fingerprint density at radius 3 is 2.29 bits per heavy atom. The Morgan fingerprint density at radius 2 is 1.79 bits per heavy atom. The van der Waals surface area contributed by atoms with Gasteiger partial charge in [-0.05, 0) is 24.3 Å². The van der Waals surface area contributed by atoms with Crippen LogP contribution < -0.4 is 0 Å². The molecule has 4 heteroatoms. The Bertz CT molecular complexity index is 356. The number of halogens is 1. The maximum Gasteiger partial charge on any atom is 0.214 e. The summed E-state index contributed by atoms with van der Waals surface area (Å²) in [6, 6.07) is 5.90.